The fourth-order valence-corrected chi connectivity index (χ4v) is 2.71. The first-order valence-electron chi connectivity index (χ1n) is 6.14. The van der Waals surface area contributed by atoms with Crippen LogP contribution in [0.3, 0.4) is 0 Å². The molecule has 0 spiro atoms. The molecule has 0 amide bonds. The number of ether oxygens (including phenoxy) is 1. The van der Waals surface area contributed by atoms with Gasteiger partial charge in [-0.05, 0) is 25.2 Å². The first kappa shape index (κ1) is 10.3. The Kier molecular flexibility index (Phi) is 2.69. The fourth-order valence-electron chi connectivity index (χ4n) is 2.71. The minimum atomic E-state index is -0.310. The lowest BCUT2D eigenvalue weighted by molar-refractivity contribution is 0.138. The number of rotatable bonds is 2. The lowest BCUT2D eigenvalue weighted by atomic mass is 10.0. The van der Waals surface area contributed by atoms with E-state index in [1.165, 1.54) is 0 Å². The molecule has 0 saturated carbocycles. The normalized spacial score (nSPS) is 29.3. The van der Waals surface area contributed by atoms with Crippen LogP contribution in [0.15, 0.2) is 6.20 Å². The Labute approximate surface area is 95.3 Å². The van der Waals surface area contributed by atoms with Crippen molar-refractivity contribution in [1.29, 1.82) is 0 Å². The predicted molar refractivity (Wildman–Crippen MR) is 59.1 cm³/mol. The summed E-state index contributed by atoms with van der Waals surface area (Å²) in [7, 11) is 0. The highest BCUT2D eigenvalue weighted by atomic mass is 16.5. The lowest BCUT2D eigenvalue weighted by Crippen LogP contribution is -2.18. The van der Waals surface area contributed by atoms with Crippen molar-refractivity contribution in [3.63, 3.8) is 0 Å². The molecule has 0 radical (unpaired) electrons. The number of fused-ring (bicyclic) bond motifs is 1. The Hall–Kier alpha value is -0.870. The summed E-state index contributed by atoms with van der Waals surface area (Å²) in [5, 5.41) is 9.85. The summed E-state index contributed by atoms with van der Waals surface area (Å²) < 4.78 is 7.59. The number of imidazole rings is 1. The van der Waals surface area contributed by atoms with E-state index in [-0.39, 0.29) is 6.10 Å². The van der Waals surface area contributed by atoms with Crippen molar-refractivity contribution >= 4 is 0 Å². The average Bonchev–Trinajstić information content (AvgIpc) is 2.90. The molecule has 0 aromatic carbocycles. The molecular weight excluding hydrogens is 204 g/mol. The van der Waals surface area contributed by atoms with Gasteiger partial charge in [0, 0.05) is 26.2 Å². The van der Waals surface area contributed by atoms with Crippen LogP contribution in [0.25, 0.3) is 0 Å². The SMILES string of the molecule is OC1CCCn2c1cnc2CC1CCOC1. The summed E-state index contributed by atoms with van der Waals surface area (Å²) in [6, 6.07) is 0. The minimum Gasteiger partial charge on any atom is -0.387 e. The zero-order valence-corrected chi connectivity index (χ0v) is 9.43. The second-order valence-corrected chi connectivity index (χ2v) is 4.84. The van der Waals surface area contributed by atoms with Crippen molar-refractivity contribution in [1.82, 2.24) is 9.55 Å². The van der Waals surface area contributed by atoms with E-state index in [1.807, 2.05) is 6.20 Å². The van der Waals surface area contributed by atoms with E-state index in [0.29, 0.717) is 5.92 Å². The summed E-state index contributed by atoms with van der Waals surface area (Å²) in [5.41, 5.74) is 1.00. The molecule has 0 aliphatic carbocycles. The van der Waals surface area contributed by atoms with Crippen molar-refractivity contribution in [2.75, 3.05) is 13.2 Å². The van der Waals surface area contributed by atoms with Crippen molar-refractivity contribution in [2.45, 2.75) is 38.3 Å². The first-order valence-corrected chi connectivity index (χ1v) is 6.14. The predicted octanol–water partition coefficient (Wildman–Crippen LogP) is 1.29. The number of aliphatic hydroxyl groups is 1. The van der Waals surface area contributed by atoms with Crippen LogP contribution >= 0.6 is 0 Å². The van der Waals surface area contributed by atoms with E-state index in [1.54, 1.807) is 0 Å². The molecule has 2 atom stereocenters. The Bertz CT molecular complexity index is 369. The van der Waals surface area contributed by atoms with Crippen molar-refractivity contribution in [2.24, 2.45) is 5.92 Å². The summed E-state index contributed by atoms with van der Waals surface area (Å²) in [4.78, 5) is 4.46. The van der Waals surface area contributed by atoms with Gasteiger partial charge < -0.3 is 14.4 Å². The van der Waals surface area contributed by atoms with Gasteiger partial charge in [0.15, 0.2) is 0 Å². The van der Waals surface area contributed by atoms with E-state index in [2.05, 4.69) is 9.55 Å². The third-order valence-corrected chi connectivity index (χ3v) is 3.67. The second kappa shape index (κ2) is 4.18. The Morgan fingerprint density at radius 2 is 2.44 bits per heavy atom. The molecule has 2 aliphatic heterocycles. The van der Waals surface area contributed by atoms with Crippen molar-refractivity contribution in [3.05, 3.63) is 17.7 Å². The van der Waals surface area contributed by atoms with Gasteiger partial charge in [0.1, 0.15) is 5.82 Å². The highest BCUT2D eigenvalue weighted by molar-refractivity contribution is 5.11. The van der Waals surface area contributed by atoms with Gasteiger partial charge in [-0.25, -0.2) is 4.98 Å². The number of aliphatic hydroxyl groups excluding tert-OH is 1. The van der Waals surface area contributed by atoms with Gasteiger partial charge in [0.05, 0.1) is 18.0 Å². The van der Waals surface area contributed by atoms with Crippen LogP contribution in [-0.4, -0.2) is 27.9 Å². The molecular formula is C12H18N2O2. The summed E-state index contributed by atoms with van der Waals surface area (Å²) in [5.74, 6) is 1.75. The van der Waals surface area contributed by atoms with Crippen LogP contribution in [0.4, 0.5) is 0 Å². The summed E-state index contributed by atoms with van der Waals surface area (Å²) >= 11 is 0. The Balaban J connectivity index is 1.79. The highest BCUT2D eigenvalue weighted by Crippen LogP contribution is 2.27. The molecule has 4 nitrogen and oxygen atoms in total. The molecule has 1 saturated heterocycles. The van der Waals surface area contributed by atoms with Gasteiger partial charge >= 0.3 is 0 Å². The summed E-state index contributed by atoms with van der Waals surface area (Å²) in [6.45, 7) is 2.76. The number of hydrogen-bond donors (Lipinski definition) is 1. The zero-order chi connectivity index (χ0) is 11.0. The number of hydrogen-bond acceptors (Lipinski definition) is 3. The lowest BCUT2D eigenvalue weighted by Gasteiger charge is -2.21. The molecule has 1 aromatic heterocycles. The molecule has 1 aromatic rings. The van der Waals surface area contributed by atoms with Gasteiger partial charge in [-0.2, -0.15) is 0 Å². The van der Waals surface area contributed by atoms with Gasteiger partial charge in [-0.1, -0.05) is 0 Å². The maximum Gasteiger partial charge on any atom is 0.109 e. The molecule has 0 bridgehead atoms. The third-order valence-electron chi connectivity index (χ3n) is 3.67. The van der Waals surface area contributed by atoms with Crippen LogP contribution in [0.5, 0.6) is 0 Å². The Morgan fingerprint density at radius 1 is 1.50 bits per heavy atom. The van der Waals surface area contributed by atoms with Gasteiger partial charge in [-0.3, -0.25) is 0 Å². The van der Waals surface area contributed by atoms with Crippen LogP contribution in [0, 0.1) is 5.92 Å². The molecule has 1 fully saturated rings. The van der Waals surface area contributed by atoms with E-state index in [4.69, 9.17) is 4.74 Å². The Morgan fingerprint density at radius 3 is 3.25 bits per heavy atom. The average molecular weight is 222 g/mol. The number of nitrogens with zero attached hydrogens (tertiary/aromatic N) is 2. The molecule has 2 unspecified atom stereocenters. The van der Waals surface area contributed by atoms with Gasteiger partial charge in [0.2, 0.25) is 0 Å². The summed E-state index contributed by atoms with van der Waals surface area (Å²) in [6.07, 6.45) is 5.60. The van der Waals surface area contributed by atoms with Crippen molar-refractivity contribution in [3.8, 4) is 0 Å². The second-order valence-electron chi connectivity index (χ2n) is 4.84. The third kappa shape index (κ3) is 1.76. The van der Waals surface area contributed by atoms with Crippen LogP contribution in [0.1, 0.15) is 36.9 Å². The molecule has 16 heavy (non-hydrogen) atoms. The van der Waals surface area contributed by atoms with E-state index in [0.717, 1.165) is 57.0 Å². The highest BCUT2D eigenvalue weighted by Gasteiger charge is 2.24. The monoisotopic (exact) mass is 222 g/mol. The van der Waals surface area contributed by atoms with E-state index >= 15 is 0 Å². The standard InChI is InChI=1S/C12H18N2O2/c15-11-2-1-4-14-10(11)7-13-12(14)6-9-3-5-16-8-9/h7,9,11,15H,1-6,8H2. The van der Waals surface area contributed by atoms with Crippen LogP contribution in [0.2, 0.25) is 0 Å². The zero-order valence-electron chi connectivity index (χ0n) is 9.43. The van der Waals surface area contributed by atoms with E-state index < -0.39 is 0 Å². The maximum atomic E-state index is 9.85. The molecule has 4 heteroatoms. The van der Waals surface area contributed by atoms with Crippen LogP contribution in [-0.2, 0) is 17.7 Å². The van der Waals surface area contributed by atoms with Gasteiger partial charge in [-0.15, -0.1) is 0 Å². The smallest absolute Gasteiger partial charge is 0.109 e. The van der Waals surface area contributed by atoms with Gasteiger partial charge in [0.25, 0.3) is 0 Å². The van der Waals surface area contributed by atoms with Crippen LogP contribution < -0.4 is 0 Å². The van der Waals surface area contributed by atoms with Crippen molar-refractivity contribution < 1.29 is 9.84 Å². The molecule has 3 heterocycles. The van der Waals surface area contributed by atoms with E-state index in [9.17, 15) is 5.11 Å². The topological polar surface area (TPSA) is 47.3 Å². The minimum absolute atomic E-state index is 0.310. The first-order chi connectivity index (χ1) is 7.84. The maximum absolute atomic E-state index is 9.85. The number of aromatic nitrogens is 2. The molecule has 1 N–H and O–H groups in total. The largest absolute Gasteiger partial charge is 0.387 e. The molecule has 2 aliphatic rings. The quantitative estimate of drug-likeness (QED) is 0.820. The molecule has 3 rings (SSSR count). The molecule has 88 valence electrons. The fraction of sp³-hybridized carbons (Fsp3) is 0.750.